The van der Waals surface area contributed by atoms with Crippen LogP contribution in [0.1, 0.15) is 5.56 Å². The van der Waals surface area contributed by atoms with Crippen molar-refractivity contribution in [2.24, 2.45) is 0 Å². The van der Waals surface area contributed by atoms with E-state index in [-0.39, 0.29) is 11.8 Å². The monoisotopic (exact) mass is 299 g/mol. The summed E-state index contributed by atoms with van der Waals surface area (Å²) in [6, 6.07) is 4.59. The SMILES string of the molecule is CN1CCOC(CNCc2cc(Cl)ccc2[N+](=O)[O-])C1. The topological polar surface area (TPSA) is 67.6 Å². The van der Waals surface area contributed by atoms with Crippen molar-refractivity contribution in [1.29, 1.82) is 0 Å². The highest BCUT2D eigenvalue weighted by Crippen LogP contribution is 2.22. The van der Waals surface area contributed by atoms with Gasteiger partial charge >= 0.3 is 0 Å². The summed E-state index contributed by atoms with van der Waals surface area (Å²) in [5.41, 5.74) is 0.676. The van der Waals surface area contributed by atoms with E-state index in [2.05, 4.69) is 17.3 Å². The number of ether oxygens (including phenoxy) is 1. The lowest BCUT2D eigenvalue weighted by Gasteiger charge is -2.30. The first-order chi connectivity index (χ1) is 9.56. The lowest BCUT2D eigenvalue weighted by molar-refractivity contribution is -0.385. The first-order valence-electron chi connectivity index (χ1n) is 6.50. The molecule has 1 N–H and O–H groups in total. The van der Waals surface area contributed by atoms with E-state index in [0.717, 1.165) is 19.7 Å². The number of hydrogen-bond acceptors (Lipinski definition) is 5. The van der Waals surface area contributed by atoms with Crippen LogP contribution in [0.15, 0.2) is 18.2 Å². The molecule has 0 saturated carbocycles. The Morgan fingerprint density at radius 1 is 1.60 bits per heavy atom. The van der Waals surface area contributed by atoms with Crippen molar-refractivity contribution in [2.45, 2.75) is 12.6 Å². The molecule has 1 heterocycles. The summed E-state index contributed by atoms with van der Waals surface area (Å²) in [5, 5.41) is 14.6. The molecule has 2 rings (SSSR count). The lowest BCUT2D eigenvalue weighted by Crippen LogP contribution is -2.44. The number of morpholine rings is 1. The largest absolute Gasteiger partial charge is 0.374 e. The number of nitro groups is 1. The minimum atomic E-state index is -0.391. The number of nitrogens with one attached hydrogen (secondary N) is 1. The normalized spacial score (nSPS) is 20.0. The second-order valence-corrected chi connectivity index (χ2v) is 5.35. The first kappa shape index (κ1) is 15.2. The smallest absolute Gasteiger partial charge is 0.273 e. The third-order valence-electron chi connectivity index (χ3n) is 3.27. The third kappa shape index (κ3) is 4.14. The minimum absolute atomic E-state index is 0.0866. The molecule has 1 aliphatic heterocycles. The van der Waals surface area contributed by atoms with Gasteiger partial charge in [-0.05, 0) is 19.2 Å². The predicted octanol–water partition coefficient (Wildman–Crippen LogP) is 1.67. The number of hydrogen-bond donors (Lipinski definition) is 1. The Labute approximate surface area is 122 Å². The van der Waals surface area contributed by atoms with Crippen LogP contribution in [0.3, 0.4) is 0 Å². The second kappa shape index (κ2) is 6.99. The van der Waals surface area contributed by atoms with Crippen LogP contribution in [-0.2, 0) is 11.3 Å². The summed E-state index contributed by atoms with van der Waals surface area (Å²) in [7, 11) is 2.05. The van der Waals surface area contributed by atoms with Gasteiger partial charge < -0.3 is 15.0 Å². The number of likely N-dealkylation sites (N-methyl/N-ethyl adjacent to an activating group) is 1. The van der Waals surface area contributed by atoms with Crippen molar-refractivity contribution in [2.75, 3.05) is 33.3 Å². The van der Waals surface area contributed by atoms with Crippen LogP contribution >= 0.6 is 11.6 Å². The highest BCUT2D eigenvalue weighted by Gasteiger charge is 2.18. The van der Waals surface area contributed by atoms with Gasteiger partial charge in [-0.3, -0.25) is 10.1 Å². The van der Waals surface area contributed by atoms with Crippen LogP contribution in [0.25, 0.3) is 0 Å². The Kier molecular flexibility index (Phi) is 5.31. The molecule has 1 unspecified atom stereocenters. The summed E-state index contributed by atoms with van der Waals surface area (Å²) >= 11 is 5.89. The molecule has 0 radical (unpaired) electrons. The molecule has 1 aromatic carbocycles. The Bertz CT molecular complexity index is 484. The van der Waals surface area contributed by atoms with Crippen molar-refractivity contribution in [3.05, 3.63) is 38.9 Å². The molecule has 1 saturated heterocycles. The maximum Gasteiger partial charge on any atom is 0.273 e. The summed E-state index contributed by atoms with van der Waals surface area (Å²) in [6.45, 7) is 3.59. The molecule has 0 spiro atoms. The molecule has 1 fully saturated rings. The van der Waals surface area contributed by atoms with Crippen LogP contribution < -0.4 is 5.32 Å². The van der Waals surface area contributed by atoms with Crippen molar-refractivity contribution in [1.82, 2.24) is 10.2 Å². The van der Waals surface area contributed by atoms with Gasteiger partial charge in [0.1, 0.15) is 0 Å². The quantitative estimate of drug-likeness (QED) is 0.662. The van der Waals surface area contributed by atoms with Crippen LogP contribution in [-0.4, -0.2) is 49.2 Å². The van der Waals surface area contributed by atoms with E-state index in [1.165, 1.54) is 12.1 Å². The van der Waals surface area contributed by atoms with Gasteiger partial charge in [-0.25, -0.2) is 0 Å². The van der Waals surface area contributed by atoms with E-state index in [0.29, 0.717) is 23.7 Å². The van der Waals surface area contributed by atoms with Crippen molar-refractivity contribution in [3.63, 3.8) is 0 Å². The van der Waals surface area contributed by atoms with Gasteiger partial charge in [-0.1, -0.05) is 11.6 Å². The summed E-state index contributed by atoms with van der Waals surface area (Å²) < 4.78 is 5.62. The molecule has 6 nitrogen and oxygen atoms in total. The number of rotatable bonds is 5. The van der Waals surface area contributed by atoms with Gasteiger partial charge in [0, 0.05) is 42.8 Å². The number of nitrogens with zero attached hydrogens (tertiary/aromatic N) is 2. The molecule has 1 aromatic rings. The maximum atomic E-state index is 10.9. The zero-order valence-corrected chi connectivity index (χ0v) is 12.1. The molecule has 7 heteroatoms. The van der Waals surface area contributed by atoms with Crippen molar-refractivity contribution < 1.29 is 9.66 Å². The number of nitro benzene ring substituents is 1. The summed E-state index contributed by atoms with van der Waals surface area (Å²) in [6.07, 6.45) is 0.118. The minimum Gasteiger partial charge on any atom is -0.374 e. The second-order valence-electron chi connectivity index (χ2n) is 4.92. The van der Waals surface area contributed by atoms with Gasteiger partial charge in [0.15, 0.2) is 0 Å². The highest BCUT2D eigenvalue weighted by atomic mass is 35.5. The molecular weight excluding hydrogens is 282 g/mol. The van der Waals surface area contributed by atoms with Crippen LogP contribution in [0.5, 0.6) is 0 Å². The summed E-state index contributed by atoms with van der Waals surface area (Å²) in [5.74, 6) is 0. The van der Waals surface area contributed by atoms with Gasteiger partial charge in [-0.2, -0.15) is 0 Å². The molecule has 0 aliphatic carbocycles. The Morgan fingerprint density at radius 2 is 2.40 bits per heavy atom. The lowest BCUT2D eigenvalue weighted by atomic mass is 10.1. The molecule has 0 amide bonds. The van der Waals surface area contributed by atoms with Crippen molar-refractivity contribution in [3.8, 4) is 0 Å². The summed E-state index contributed by atoms with van der Waals surface area (Å²) in [4.78, 5) is 12.8. The average molecular weight is 300 g/mol. The zero-order valence-electron chi connectivity index (χ0n) is 11.3. The van der Waals surface area contributed by atoms with Crippen LogP contribution in [0, 0.1) is 10.1 Å². The van der Waals surface area contributed by atoms with E-state index >= 15 is 0 Å². The van der Waals surface area contributed by atoms with Crippen LogP contribution in [0.2, 0.25) is 5.02 Å². The standard InChI is InChI=1S/C13H18ClN3O3/c1-16-4-5-20-12(9-16)8-15-7-10-6-11(14)2-3-13(10)17(18)19/h2-3,6,12,15H,4-5,7-9H2,1H3. The molecule has 1 atom stereocenters. The zero-order chi connectivity index (χ0) is 14.5. The molecule has 0 bridgehead atoms. The fraction of sp³-hybridized carbons (Fsp3) is 0.538. The Morgan fingerprint density at radius 3 is 3.10 bits per heavy atom. The fourth-order valence-electron chi connectivity index (χ4n) is 2.23. The number of halogens is 1. The Balaban J connectivity index is 1.90. The van der Waals surface area contributed by atoms with E-state index < -0.39 is 4.92 Å². The maximum absolute atomic E-state index is 10.9. The third-order valence-corrected chi connectivity index (χ3v) is 3.50. The van der Waals surface area contributed by atoms with Crippen LogP contribution in [0.4, 0.5) is 5.69 Å². The van der Waals surface area contributed by atoms with Crippen molar-refractivity contribution >= 4 is 17.3 Å². The highest BCUT2D eigenvalue weighted by molar-refractivity contribution is 6.30. The first-order valence-corrected chi connectivity index (χ1v) is 6.87. The molecule has 20 heavy (non-hydrogen) atoms. The predicted molar refractivity (Wildman–Crippen MR) is 77.1 cm³/mol. The van der Waals surface area contributed by atoms with Gasteiger partial charge in [0.25, 0.3) is 5.69 Å². The number of benzene rings is 1. The molecule has 1 aliphatic rings. The fourth-order valence-corrected chi connectivity index (χ4v) is 2.43. The molecule has 0 aromatic heterocycles. The van der Waals surface area contributed by atoms with E-state index in [9.17, 15) is 10.1 Å². The Hall–Kier alpha value is -1.21. The molecule has 110 valence electrons. The van der Waals surface area contributed by atoms with Gasteiger partial charge in [-0.15, -0.1) is 0 Å². The molecular formula is C13H18ClN3O3. The van der Waals surface area contributed by atoms with E-state index in [4.69, 9.17) is 16.3 Å². The van der Waals surface area contributed by atoms with Gasteiger partial charge in [0.05, 0.1) is 17.6 Å². The van der Waals surface area contributed by atoms with E-state index in [1.807, 2.05) is 0 Å². The average Bonchev–Trinajstić information content (AvgIpc) is 2.38. The van der Waals surface area contributed by atoms with Gasteiger partial charge in [0.2, 0.25) is 0 Å². The van der Waals surface area contributed by atoms with E-state index in [1.54, 1.807) is 6.07 Å².